The molecule has 0 aromatic rings. The highest BCUT2D eigenvalue weighted by Crippen LogP contribution is 2.54. The van der Waals surface area contributed by atoms with E-state index in [2.05, 4.69) is 26.1 Å². The van der Waals surface area contributed by atoms with E-state index in [1.807, 2.05) is 53.6 Å². The van der Waals surface area contributed by atoms with Crippen LogP contribution in [0.25, 0.3) is 0 Å². The van der Waals surface area contributed by atoms with Crippen molar-refractivity contribution in [1.82, 2.24) is 10.2 Å². The Labute approximate surface area is 275 Å². The molecule has 0 unspecified atom stereocenters. The summed E-state index contributed by atoms with van der Waals surface area (Å²) in [4.78, 5) is 16.0. The lowest BCUT2D eigenvalue weighted by molar-refractivity contribution is -0.321. The number of esters is 1. The molecule has 0 aromatic carbocycles. The van der Waals surface area contributed by atoms with Gasteiger partial charge in [-0.2, -0.15) is 0 Å². The lowest BCUT2D eigenvalue weighted by atomic mass is 9.77. The number of rotatable bonds is 6. The Bertz CT molecular complexity index is 1100. The molecule has 5 aliphatic heterocycles. The van der Waals surface area contributed by atoms with Crippen LogP contribution in [0.15, 0.2) is 0 Å². The Morgan fingerprint density at radius 3 is 2.28 bits per heavy atom. The second-order valence-electron chi connectivity index (χ2n) is 15.8. The smallest absolute Gasteiger partial charge is 0.311 e. The molecule has 5 rings (SSSR count). The van der Waals surface area contributed by atoms with Crippen LogP contribution in [0.4, 0.5) is 0 Å². The van der Waals surface area contributed by atoms with Crippen molar-refractivity contribution in [3.8, 4) is 0 Å². The van der Waals surface area contributed by atoms with E-state index in [1.54, 1.807) is 14.0 Å². The molecule has 5 saturated heterocycles. The van der Waals surface area contributed by atoms with Gasteiger partial charge in [0.1, 0.15) is 24.0 Å². The highest BCUT2D eigenvalue weighted by atomic mass is 16.7. The molecule has 18 atom stereocenters. The summed E-state index contributed by atoms with van der Waals surface area (Å²) in [5.74, 6) is -1.61. The molecule has 5 fully saturated rings. The third-order valence-electron chi connectivity index (χ3n) is 12.0. The highest BCUT2D eigenvalue weighted by Gasteiger charge is 2.66. The molecule has 0 amide bonds. The van der Waals surface area contributed by atoms with E-state index in [1.165, 1.54) is 0 Å². The first-order chi connectivity index (χ1) is 21.4. The number of aliphatic hydroxyl groups excluding tert-OH is 2. The maximum absolute atomic E-state index is 14.0. The van der Waals surface area contributed by atoms with Crippen LogP contribution in [-0.2, 0) is 38.0 Å². The summed E-state index contributed by atoms with van der Waals surface area (Å²) >= 11 is 0. The summed E-state index contributed by atoms with van der Waals surface area (Å²) in [5.41, 5.74) is -2.50. The summed E-state index contributed by atoms with van der Waals surface area (Å²) in [6, 6.07) is -0.299. The van der Waals surface area contributed by atoms with E-state index in [4.69, 9.17) is 33.2 Å². The number of likely N-dealkylation sites (N-methyl/N-ethyl adjacent to an activating group) is 1. The van der Waals surface area contributed by atoms with Crippen LogP contribution >= 0.6 is 0 Å². The molecule has 3 bridgehead atoms. The van der Waals surface area contributed by atoms with Crippen molar-refractivity contribution in [2.75, 3.05) is 21.2 Å². The van der Waals surface area contributed by atoms with E-state index in [9.17, 15) is 15.0 Å². The molecule has 0 saturated carbocycles. The largest absolute Gasteiger partial charge is 0.460 e. The monoisotopic (exact) mass is 656 g/mol. The van der Waals surface area contributed by atoms with Gasteiger partial charge in [0.2, 0.25) is 0 Å². The molecule has 12 heteroatoms. The lowest BCUT2D eigenvalue weighted by Gasteiger charge is -2.49. The molecule has 5 aliphatic rings. The minimum Gasteiger partial charge on any atom is -0.460 e. The Morgan fingerprint density at radius 2 is 1.65 bits per heavy atom. The third kappa shape index (κ3) is 6.18. The van der Waals surface area contributed by atoms with Gasteiger partial charge in [-0.3, -0.25) is 10.1 Å². The van der Waals surface area contributed by atoms with E-state index >= 15 is 0 Å². The van der Waals surface area contributed by atoms with Crippen molar-refractivity contribution in [2.24, 2.45) is 23.7 Å². The van der Waals surface area contributed by atoms with Gasteiger partial charge in [0, 0.05) is 43.4 Å². The van der Waals surface area contributed by atoms with Crippen LogP contribution in [0.2, 0.25) is 0 Å². The Hall–Kier alpha value is -0.930. The van der Waals surface area contributed by atoms with Crippen molar-refractivity contribution in [3.05, 3.63) is 0 Å². The fraction of sp³-hybridized carbons (Fsp3) is 0.971. The average Bonchev–Trinajstić information content (AvgIpc) is 3.38. The maximum atomic E-state index is 14.0. The Kier molecular flexibility index (Phi) is 10.3. The molecule has 0 aliphatic carbocycles. The van der Waals surface area contributed by atoms with Gasteiger partial charge in [0.25, 0.3) is 0 Å². The van der Waals surface area contributed by atoms with E-state index in [0.717, 1.165) is 0 Å². The highest BCUT2D eigenvalue weighted by molar-refractivity contribution is 5.73. The van der Waals surface area contributed by atoms with Gasteiger partial charge < -0.3 is 48.3 Å². The fourth-order valence-electron chi connectivity index (χ4n) is 9.26. The van der Waals surface area contributed by atoms with Crippen LogP contribution in [0.5, 0.6) is 0 Å². The second kappa shape index (κ2) is 13.1. The molecular formula is C34H60N2O10. The zero-order valence-electron chi connectivity index (χ0n) is 29.9. The SMILES string of the molecule is CO[C@]1(C)C[C@H](O[C@H]2[C@H](C)[C@@H](O[C@@H]3O[C@H](C)C[C@H](N(C)C)[C@H]3O)[C@@]3(C)C[C@@H](C)[C@]4(N[C@H](C)[C@@H](OC(=O)[C@@H]2C)[C@H]4C)O3)O[C@@H](C)[C@@H]1O. The van der Waals surface area contributed by atoms with Gasteiger partial charge in [0.05, 0.1) is 41.5 Å². The summed E-state index contributed by atoms with van der Waals surface area (Å²) in [6.07, 6.45) is -4.40. The topological polar surface area (TPSA) is 137 Å². The molecule has 1 spiro atoms. The predicted molar refractivity (Wildman–Crippen MR) is 169 cm³/mol. The van der Waals surface area contributed by atoms with Crippen molar-refractivity contribution in [3.63, 3.8) is 0 Å². The van der Waals surface area contributed by atoms with Gasteiger partial charge in [-0.25, -0.2) is 0 Å². The number of aliphatic hydroxyl groups is 2. The number of nitrogens with zero attached hydrogens (tertiary/aromatic N) is 1. The van der Waals surface area contributed by atoms with E-state index in [0.29, 0.717) is 12.8 Å². The Balaban J connectivity index is 1.56. The molecule has 0 aromatic heterocycles. The van der Waals surface area contributed by atoms with Crippen molar-refractivity contribution < 1.29 is 48.2 Å². The number of hydrogen-bond donors (Lipinski definition) is 3. The molecule has 0 radical (unpaired) electrons. The summed E-state index contributed by atoms with van der Waals surface area (Å²) in [5, 5.41) is 26.1. The zero-order valence-corrected chi connectivity index (χ0v) is 29.9. The summed E-state index contributed by atoms with van der Waals surface area (Å²) < 4.78 is 45.4. The van der Waals surface area contributed by atoms with Crippen molar-refractivity contribution in [2.45, 2.75) is 166 Å². The van der Waals surface area contributed by atoms with Gasteiger partial charge in [0.15, 0.2) is 12.6 Å². The standard InChI is InChI=1S/C34H60N2O10/c1-16-14-33(9)29(45-31-25(37)23(36(10)11)13-17(2)41-31)18(3)26(43-24-15-32(8,40-12)28(38)22(7)42-24)19(4)30(39)44-27-20(5)34(16,46-33)35-21(27)6/h16-29,31,35,37-38H,13-15H2,1-12H3/t16-,17-,18+,19-,20-,21-,22+,23+,24+,25-,26+,27+,28+,29-,31+,32-,33-,34+/m1/s1. The van der Waals surface area contributed by atoms with Crippen molar-refractivity contribution >= 4 is 5.97 Å². The molecule has 12 nitrogen and oxygen atoms in total. The second-order valence-corrected chi connectivity index (χ2v) is 15.8. The number of hydrogen-bond acceptors (Lipinski definition) is 12. The number of methoxy groups -OCH3 is 1. The van der Waals surface area contributed by atoms with Gasteiger partial charge in [-0.1, -0.05) is 20.8 Å². The van der Waals surface area contributed by atoms with E-state index in [-0.39, 0.29) is 42.4 Å². The minimum atomic E-state index is -0.928. The first-order valence-corrected chi connectivity index (χ1v) is 17.2. The summed E-state index contributed by atoms with van der Waals surface area (Å²) in [7, 11) is 5.46. The van der Waals surface area contributed by atoms with Crippen LogP contribution in [0.1, 0.15) is 81.6 Å². The molecule has 3 N–H and O–H groups in total. The number of nitrogens with one attached hydrogen (secondary N) is 1. The van der Waals surface area contributed by atoms with Crippen molar-refractivity contribution in [1.29, 1.82) is 0 Å². The quantitative estimate of drug-likeness (QED) is 0.362. The average molecular weight is 657 g/mol. The number of carbonyl (C=O) groups excluding carboxylic acids is 1. The van der Waals surface area contributed by atoms with Crippen LogP contribution in [0.3, 0.4) is 0 Å². The van der Waals surface area contributed by atoms with Crippen LogP contribution in [-0.4, -0.2) is 127 Å². The number of carbonyl (C=O) groups is 1. The minimum absolute atomic E-state index is 0.0604. The number of ether oxygens (including phenoxy) is 7. The fourth-order valence-corrected chi connectivity index (χ4v) is 9.26. The van der Waals surface area contributed by atoms with Crippen LogP contribution < -0.4 is 5.32 Å². The lowest BCUT2D eigenvalue weighted by Crippen LogP contribution is -2.61. The predicted octanol–water partition coefficient (Wildman–Crippen LogP) is 2.42. The van der Waals surface area contributed by atoms with Crippen LogP contribution in [0, 0.1) is 23.7 Å². The van der Waals surface area contributed by atoms with E-state index < -0.39 is 78.0 Å². The molecule has 266 valence electrons. The normalized spacial score (nSPS) is 54.8. The molecule has 46 heavy (non-hydrogen) atoms. The number of fused-ring (bicyclic) bond motifs is 2. The zero-order chi connectivity index (χ0) is 34.1. The Morgan fingerprint density at radius 1 is 0.978 bits per heavy atom. The molecule has 5 heterocycles. The summed E-state index contributed by atoms with van der Waals surface area (Å²) in [6.45, 7) is 17.8. The molecular weight excluding hydrogens is 596 g/mol. The first kappa shape index (κ1) is 36.4. The first-order valence-electron chi connectivity index (χ1n) is 17.2. The maximum Gasteiger partial charge on any atom is 0.311 e. The van der Waals surface area contributed by atoms with Gasteiger partial charge in [-0.15, -0.1) is 0 Å². The van der Waals surface area contributed by atoms with Gasteiger partial charge >= 0.3 is 5.97 Å². The third-order valence-corrected chi connectivity index (χ3v) is 12.0. The van der Waals surface area contributed by atoms with Gasteiger partial charge in [-0.05, 0) is 68.5 Å².